The predicted molar refractivity (Wildman–Crippen MR) is 213 cm³/mol. The van der Waals surface area contributed by atoms with Gasteiger partial charge < -0.3 is 10.2 Å². The standard InChI is InChI=1S/C45H60N4O2/c1-29-19-30(2)40(31(3)20-29)49-18-17-48(28-49)27-34-23-35(43(4,5)6)21-32(41(34)50)25-46-38-15-13-14-16-39(38)47-26-33-22-36(44(7,8)9)24-37(42(33)51)45(10,11)12/h17-26,28,38-39H,13-16,27H2,1-12H3,(H-,46,47,50,51)/p+1/t38-,39-/m1/s1. The van der Waals surface area contributed by atoms with Crippen LogP contribution in [0.4, 0.5) is 0 Å². The molecule has 0 aliphatic heterocycles. The van der Waals surface area contributed by atoms with Crippen LogP contribution < -0.4 is 4.57 Å². The second kappa shape index (κ2) is 14.4. The molecule has 272 valence electrons. The molecule has 0 spiro atoms. The first-order chi connectivity index (χ1) is 23.7. The molecule has 5 rings (SSSR count). The number of hydrogen-bond acceptors (Lipinski definition) is 4. The van der Waals surface area contributed by atoms with E-state index in [0.29, 0.717) is 12.3 Å². The number of aromatic nitrogens is 2. The van der Waals surface area contributed by atoms with Gasteiger partial charge in [-0.15, -0.1) is 0 Å². The van der Waals surface area contributed by atoms with Crippen LogP contribution in [-0.2, 0) is 22.8 Å². The van der Waals surface area contributed by atoms with Crippen LogP contribution >= 0.6 is 0 Å². The topological polar surface area (TPSA) is 74.0 Å². The van der Waals surface area contributed by atoms with Crippen LogP contribution in [0, 0.1) is 20.8 Å². The van der Waals surface area contributed by atoms with Crippen LogP contribution in [0.2, 0.25) is 0 Å². The summed E-state index contributed by atoms with van der Waals surface area (Å²) in [7, 11) is 0. The van der Waals surface area contributed by atoms with Gasteiger partial charge in [-0.1, -0.05) is 98.9 Å². The minimum Gasteiger partial charge on any atom is -0.507 e. The molecule has 2 atom stereocenters. The van der Waals surface area contributed by atoms with Crippen molar-refractivity contribution in [1.29, 1.82) is 0 Å². The maximum atomic E-state index is 11.7. The Labute approximate surface area is 307 Å². The zero-order chi connectivity index (χ0) is 37.5. The molecule has 2 N–H and O–H groups in total. The van der Waals surface area contributed by atoms with Crippen molar-refractivity contribution >= 4 is 12.4 Å². The highest BCUT2D eigenvalue weighted by molar-refractivity contribution is 5.86. The molecule has 6 heteroatoms. The average Bonchev–Trinajstić information content (AvgIpc) is 3.46. The van der Waals surface area contributed by atoms with Gasteiger partial charge in [-0.3, -0.25) is 9.98 Å². The lowest BCUT2D eigenvalue weighted by Gasteiger charge is -2.28. The maximum absolute atomic E-state index is 11.7. The third-order valence-corrected chi connectivity index (χ3v) is 10.3. The Hall–Kier alpha value is -4.19. The van der Waals surface area contributed by atoms with Gasteiger partial charge in [0.25, 0.3) is 0 Å². The number of imidazole rings is 1. The fraction of sp³-hybridized carbons (Fsp3) is 0.489. The van der Waals surface area contributed by atoms with E-state index in [1.165, 1.54) is 27.9 Å². The first-order valence-electron chi connectivity index (χ1n) is 18.7. The Kier molecular flexibility index (Phi) is 10.8. The van der Waals surface area contributed by atoms with E-state index in [-0.39, 0.29) is 34.1 Å². The van der Waals surface area contributed by atoms with Crippen molar-refractivity contribution in [1.82, 2.24) is 4.57 Å². The second-order valence-corrected chi connectivity index (χ2v) is 18.0. The molecule has 1 saturated carbocycles. The molecular weight excluding hydrogens is 629 g/mol. The molecule has 3 aromatic carbocycles. The van der Waals surface area contributed by atoms with E-state index in [9.17, 15) is 10.2 Å². The molecule has 0 bridgehead atoms. The summed E-state index contributed by atoms with van der Waals surface area (Å²) in [4.78, 5) is 10.2. The lowest BCUT2D eigenvalue weighted by molar-refractivity contribution is -0.687. The van der Waals surface area contributed by atoms with Gasteiger partial charge >= 0.3 is 0 Å². The summed E-state index contributed by atoms with van der Waals surface area (Å²) in [6.45, 7) is 26.6. The van der Waals surface area contributed by atoms with E-state index in [1.54, 1.807) is 0 Å². The number of rotatable bonds is 7. The number of benzene rings is 3. The number of nitrogens with zero attached hydrogens (tertiary/aromatic N) is 4. The predicted octanol–water partition coefficient (Wildman–Crippen LogP) is 9.89. The van der Waals surface area contributed by atoms with Crippen molar-refractivity contribution in [2.45, 2.75) is 144 Å². The van der Waals surface area contributed by atoms with Gasteiger partial charge in [0.15, 0.2) is 0 Å². The first-order valence-corrected chi connectivity index (χ1v) is 18.7. The largest absolute Gasteiger partial charge is 0.507 e. The third kappa shape index (κ3) is 8.83. The van der Waals surface area contributed by atoms with E-state index < -0.39 is 0 Å². The minimum absolute atomic E-state index is 0.00204. The molecule has 1 aliphatic carbocycles. The zero-order valence-corrected chi connectivity index (χ0v) is 33.2. The van der Waals surface area contributed by atoms with Gasteiger partial charge in [-0.05, 0) is 90.3 Å². The van der Waals surface area contributed by atoms with E-state index in [0.717, 1.165) is 53.5 Å². The Morgan fingerprint density at radius 1 is 0.706 bits per heavy atom. The number of hydrogen-bond donors (Lipinski definition) is 2. The van der Waals surface area contributed by atoms with Crippen molar-refractivity contribution in [3.05, 3.63) is 105 Å². The molecule has 0 saturated heterocycles. The minimum atomic E-state index is -0.199. The van der Waals surface area contributed by atoms with Crippen LogP contribution in [0.3, 0.4) is 0 Å². The molecule has 4 aromatic rings. The SMILES string of the molecule is Cc1cc(C)c(-n2cc[n+](Cc3cc(C(C)(C)C)cc(C=N[C@@H]4CCCC[C@H]4N=Cc4cc(C(C)(C)C)cc(C(C)(C)C)c4O)c3O)c2)c(C)c1. The molecule has 1 fully saturated rings. The van der Waals surface area contributed by atoms with Gasteiger partial charge in [0, 0.05) is 34.7 Å². The van der Waals surface area contributed by atoms with Crippen LogP contribution in [0.1, 0.15) is 138 Å². The molecule has 1 aliphatic rings. The summed E-state index contributed by atoms with van der Waals surface area (Å²) in [6.07, 6.45) is 14.1. The van der Waals surface area contributed by atoms with Crippen molar-refractivity contribution in [2.75, 3.05) is 0 Å². The quantitative estimate of drug-likeness (QED) is 0.150. The Bertz CT molecular complexity index is 1920. The summed E-state index contributed by atoms with van der Waals surface area (Å²) >= 11 is 0. The van der Waals surface area contributed by atoms with Crippen molar-refractivity contribution < 1.29 is 14.8 Å². The number of phenolic OH excluding ortho intramolecular Hbond substituents is 2. The molecular formula is C45H61N4O2+. The highest BCUT2D eigenvalue weighted by atomic mass is 16.3. The molecule has 0 radical (unpaired) electrons. The second-order valence-electron chi connectivity index (χ2n) is 18.0. The Balaban J connectivity index is 1.45. The van der Waals surface area contributed by atoms with E-state index in [4.69, 9.17) is 9.98 Å². The zero-order valence-electron chi connectivity index (χ0n) is 33.2. The highest BCUT2D eigenvalue weighted by Crippen LogP contribution is 2.38. The number of aliphatic imine (C=N–C) groups is 2. The summed E-state index contributed by atoms with van der Waals surface area (Å²) in [5.74, 6) is 0.577. The average molecular weight is 690 g/mol. The van der Waals surface area contributed by atoms with E-state index >= 15 is 0 Å². The molecule has 6 nitrogen and oxygen atoms in total. The van der Waals surface area contributed by atoms with Crippen LogP contribution in [0.5, 0.6) is 11.5 Å². The Morgan fingerprint density at radius 2 is 1.22 bits per heavy atom. The van der Waals surface area contributed by atoms with E-state index in [2.05, 4.69) is 147 Å². The smallest absolute Gasteiger partial charge is 0.249 e. The van der Waals surface area contributed by atoms with Gasteiger partial charge in [-0.25, -0.2) is 9.13 Å². The Morgan fingerprint density at radius 3 is 1.73 bits per heavy atom. The monoisotopic (exact) mass is 689 g/mol. The lowest BCUT2D eigenvalue weighted by Crippen LogP contribution is -2.32. The van der Waals surface area contributed by atoms with Gasteiger partial charge in [-0.2, -0.15) is 0 Å². The molecule has 0 unspecified atom stereocenters. The fourth-order valence-corrected chi connectivity index (χ4v) is 7.32. The fourth-order valence-electron chi connectivity index (χ4n) is 7.32. The van der Waals surface area contributed by atoms with Gasteiger partial charge in [0.2, 0.25) is 6.33 Å². The van der Waals surface area contributed by atoms with Gasteiger partial charge in [0.05, 0.1) is 12.1 Å². The molecule has 1 aromatic heterocycles. The third-order valence-electron chi connectivity index (χ3n) is 10.3. The van der Waals surface area contributed by atoms with Crippen LogP contribution in [0.15, 0.2) is 65.1 Å². The molecule has 51 heavy (non-hydrogen) atoms. The van der Waals surface area contributed by atoms with Gasteiger partial charge in [0.1, 0.15) is 36.1 Å². The number of aromatic hydroxyl groups is 2. The highest BCUT2D eigenvalue weighted by Gasteiger charge is 2.27. The normalized spacial score (nSPS) is 17.6. The van der Waals surface area contributed by atoms with Crippen LogP contribution in [0.25, 0.3) is 5.69 Å². The van der Waals surface area contributed by atoms with Crippen molar-refractivity contribution in [2.24, 2.45) is 9.98 Å². The summed E-state index contributed by atoms with van der Waals surface area (Å²) < 4.78 is 4.30. The number of aryl methyl sites for hydroxylation is 3. The van der Waals surface area contributed by atoms with Crippen molar-refractivity contribution in [3.8, 4) is 17.2 Å². The summed E-state index contributed by atoms with van der Waals surface area (Å²) in [5, 5.41) is 23.0. The van der Waals surface area contributed by atoms with Crippen molar-refractivity contribution in [3.63, 3.8) is 0 Å². The molecule has 1 heterocycles. The maximum Gasteiger partial charge on any atom is 0.249 e. The van der Waals surface area contributed by atoms with E-state index in [1.807, 2.05) is 12.4 Å². The lowest BCUT2D eigenvalue weighted by atomic mass is 9.79. The van der Waals surface area contributed by atoms with Crippen LogP contribution in [-0.4, -0.2) is 39.3 Å². The summed E-state index contributed by atoms with van der Waals surface area (Å²) in [6, 6.07) is 12.9. The number of phenols is 2. The summed E-state index contributed by atoms with van der Waals surface area (Å²) in [5.41, 5.74) is 10.2. The first kappa shape index (κ1) is 38.1. The molecule has 0 amide bonds.